The molecule has 41 heavy (non-hydrogen) atoms. The third-order valence-corrected chi connectivity index (χ3v) is 11.4. The predicted molar refractivity (Wildman–Crippen MR) is 179 cm³/mol. The average Bonchev–Trinajstić information content (AvgIpc) is 3.72. The van der Waals surface area contributed by atoms with Gasteiger partial charge in [0, 0.05) is 12.4 Å². The van der Waals surface area contributed by atoms with Crippen LogP contribution in [0.1, 0.15) is 43.7 Å². The van der Waals surface area contributed by atoms with Gasteiger partial charge in [-0.05, 0) is 17.5 Å². The van der Waals surface area contributed by atoms with E-state index >= 15 is 0 Å². The van der Waals surface area contributed by atoms with Gasteiger partial charge in [0.1, 0.15) is 0 Å². The number of rotatable bonds is 10. The van der Waals surface area contributed by atoms with Crippen molar-refractivity contribution in [1.29, 1.82) is 0 Å². The third kappa shape index (κ3) is 6.71. The molecule has 1 saturated carbocycles. The minimum atomic E-state index is -1.39. The van der Waals surface area contributed by atoms with E-state index in [0.717, 1.165) is 12.2 Å². The highest BCUT2D eigenvalue weighted by Crippen LogP contribution is 2.39. The molecule has 2 nitrogen and oxygen atoms in total. The Labute approximate surface area is 248 Å². The minimum Gasteiger partial charge on any atom is -0.326 e. The number of imidazole rings is 1. The van der Waals surface area contributed by atoms with Crippen LogP contribution < -0.4 is 10.9 Å². The van der Waals surface area contributed by atoms with Crippen LogP contribution in [0.15, 0.2) is 152 Å². The maximum Gasteiger partial charge on any atom is 0.212 e. The summed E-state index contributed by atoms with van der Waals surface area (Å²) in [5.41, 5.74) is 8.09. The molecule has 206 valence electrons. The van der Waals surface area contributed by atoms with Gasteiger partial charge in [0.05, 0.1) is 20.3 Å². The summed E-state index contributed by atoms with van der Waals surface area (Å²) >= 11 is 0. The Hall–Kier alpha value is -3.89. The Kier molecular flexibility index (Phi) is 9.88. The van der Waals surface area contributed by atoms with Gasteiger partial charge >= 0.3 is 0 Å². The lowest BCUT2D eigenvalue weighted by Gasteiger charge is -2.40. The minimum absolute atomic E-state index is 0.177. The summed E-state index contributed by atoms with van der Waals surface area (Å²) in [4.78, 5) is 4.38. The van der Waals surface area contributed by atoms with Crippen molar-refractivity contribution < 1.29 is 0 Å². The zero-order valence-corrected chi connectivity index (χ0v) is 25.5. The first-order valence-corrected chi connectivity index (χ1v) is 17.5. The van der Waals surface area contributed by atoms with Crippen molar-refractivity contribution in [3.05, 3.63) is 163 Å². The van der Waals surface area contributed by atoms with Crippen LogP contribution in [0.5, 0.6) is 0 Å². The highest BCUT2D eigenvalue weighted by Gasteiger charge is 2.41. The fourth-order valence-electron chi connectivity index (χ4n) is 6.17. The second-order valence-corrected chi connectivity index (χ2v) is 13.9. The van der Waals surface area contributed by atoms with Crippen molar-refractivity contribution in [2.24, 2.45) is 0 Å². The first-order valence-electron chi connectivity index (χ1n) is 15.1. The van der Waals surface area contributed by atoms with E-state index in [-0.39, 0.29) is 5.16 Å². The molecule has 1 aliphatic rings. The summed E-state index contributed by atoms with van der Waals surface area (Å²) in [5, 5.41) is -0.177. The SMILES string of the molecule is CCCC=C[SiH](C)C(c1ccccc1)(c1ccccc1)n1ccnc1.c1ccc(B(c2ccccc2)C2CC2)cc1. The summed E-state index contributed by atoms with van der Waals surface area (Å²) < 4.78 is 2.31. The maximum atomic E-state index is 4.38. The standard InChI is InChI=1S/C22H26N2Si.C15H15B/c1-3-4-11-18-25(2)22(24-17-16-23-19-24,20-12-7-5-8-13-20)21-14-9-6-10-15-21;1-3-7-13(8-4-1)16(15-11-12-15)14-9-5-2-6-10-14/h5-19,25H,3-4H2,1-2H3;1-10,15H,11-12H2. The van der Waals surface area contributed by atoms with E-state index in [0.29, 0.717) is 6.71 Å². The molecule has 4 aromatic carbocycles. The van der Waals surface area contributed by atoms with Crippen LogP contribution in [-0.2, 0) is 5.16 Å². The molecular weight excluding hydrogens is 511 g/mol. The van der Waals surface area contributed by atoms with Gasteiger partial charge in [-0.2, -0.15) is 0 Å². The molecule has 1 aromatic heterocycles. The van der Waals surface area contributed by atoms with Gasteiger partial charge in [0.2, 0.25) is 6.71 Å². The van der Waals surface area contributed by atoms with E-state index in [1.807, 2.05) is 12.5 Å². The smallest absolute Gasteiger partial charge is 0.212 e. The lowest BCUT2D eigenvalue weighted by atomic mass is 9.37. The van der Waals surface area contributed by atoms with Crippen LogP contribution >= 0.6 is 0 Å². The van der Waals surface area contributed by atoms with Crippen LogP contribution in [0.3, 0.4) is 0 Å². The number of aromatic nitrogens is 2. The first kappa shape index (κ1) is 28.6. The number of hydrogen-bond donors (Lipinski definition) is 0. The molecule has 0 saturated heterocycles. The van der Waals surface area contributed by atoms with Crippen molar-refractivity contribution in [3.63, 3.8) is 0 Å². The van der Waals surface area contributed by atoms with Gasteiger partial charge in [-0.1, -0.05) is 183 Å². The largest absolute Gasteiger partial charge is 0.326 e. The monoisotopic (exact) mass is 552 g/mol. The number of unbranched alkanes of at least 4 members (excludes halogenated alkanes) is 1. The van der Waals surface area contributed by atoms with E-state index in [1.165, 1.54) is 41.3 Å². The molecule has 0 spiro atoms. The second kappa shape index (κ2) is 14.1. The first-order chi connectivity index (χ1) is 20.2. The van der Waals surface area contributed by atoms with E-state index in [2.05, 4.69) is 162 Å². The molecule has 6 rings (SSSR count). The molecule has 4 heteroatoms. The van der Waals surface area contributed by atoms with Gasteiger partial charge in [-0.15, -0.1) is 0 Å². The molecule has 0 bridgehead atoms. The van der Waals surface area contributed by atoms with Gasteiger partial charge in [-0.3, -0.25) is 0 Å². The molecule has 1 unspecified atom stereocenters. The molecule has 1 fully saturated rings. The normalized spacial score (nSPS) is 13.8. The van der Waals surface area contributed by atoms with Gasteiger partial charge in [-0.25, -0.2) is 4.98 Å². The van der Waals surface area contributed by atoms with Gasteiger partial charge in [0.15, 0.2) is 0 Å². The molecular formula is C37H41BN2Si. The third-order valence-electron chi connectivity index (χ3n) is 8.29. The summed E-state index contributed by atoms with van der Waals surface area (Å²) in [5.74, 6) is 0.866. The number of nitrogens with zero attached hydrogens (tertiary/aromatic N) is 2. The second-order valence-electron chi connectivity index (χ2n) is 11.1. The zero-order valence-electron chi connectivity index (χ0n) is 24.4. The fraction of sp³-hybridized carbons (Fsp3) is 0.216. The molecule has 1 atom stereocenters. The summed E-state index contributed by atoms with van der Waals surface area (Å²) in [6.45, 7) is 5.28. The van der Waals surface area contributed by atoms with E-state index in [4.69, 9.17) is 0 Å². The summed E-state index contributed by atoms with van der Waals surface area (Å²) in [6.07, 6.45) is 13.4. The fourth-order valence-corrected chi connectivity index (χ4v) is 9.11. The van der Waals surface area contributed by atoms with Crippen LogP contribution in [0.25, 0.3) is 0 Å². The lowest BCUT2D eigenvalue weighted by Crippen LogP contribution is -2.47. The van der Waals surface area contributed by atoms with E-state index in [9.17, 15) is 0 Å². The van der Waals surface area contributed by atoms with Crippen LogP contribution in [0.2, 0.25) is 12.4 Å². The molecule has 0 N–H and O–H groups in total. The Morgan fingerprint density at radius 3 is 1.68 bits per heavy atom. The summed E-state index contributed by atoms with van der Waals surface area (Å²) in [7, 11) is -1.39. The number of allylic oxidation sites excluding steroid dienone is 1. The molecule has 1 heterocycles. The Morgan fingerprint density at radius 1 is 0.780 bits per heavy atom. The number of benzene rings is 4. The maximum absolute atomic E-state index is 4.38. The molecule has 5 aromatic rings. The molecule has 1 aliphatic carbocycles. The molecule has 0 radical (unpaired) electrons. The van der Waals surface area contributed by atoms with Gasteiger partial charge < -0.3 is 4.57 Å². The van der Waals surface area contributed by atoms with Crippen molar-refractivity contribution >= 4 is 26.4 Å². The Balaban J connectivity index is 0.000000181. The van der Waals surface area contributed by atoms with Crippen LogP contribution in [0, 0.1) is 0 Å². The van der Waals surface area contributed by atoms with Gasteiger partial charge in [0.25, 0.3) is 0 Å². The Bertz CT molecular complexity index is 1370. The van der Waals surface area contributed by atoms with Crippen LogP contribution in [-0.4, -0.2) is 25.1 Å². The molecule has 0 amide bonds. The quantitative estimate of drug-likeness (QED) is 0.165. The highest BCUT2D eigenvalue weighted by atomic mass is 28.3. The van der Waals surface area contributed by atoms with Crippen LogP contribution in [0.4, 0.5) is 0 Å². The lowest BCUT2D eigenvalue weighted by molar-refractivity contribution is 0.587. The van der Waals surface area contributed by atoms with E-state index < -0.39 is 8.80 Å². The van der Waals surface area contributed by atoms with Crippen molar-refractivity contribution in [2.75, 3.05) is 0 Å². The van der Waals surface area contributed by atoms with Crippen molar-refractivity contribution in [2.45, 2.75) is 50.1 Å². The zero-order chi connectivity index (χ0) is 28.3. The number of hydrogen-bond acceptors (Lipinski definition) is 1. The van der Waals surface area contributed by atoms with Crippen molar-refractivity contribution in [3.8, 4) is 0 Å². The van der Waals surface area contributed by atoms with E-state index in [1.54, 1.807) is 0 Å². The predicted octanol–water partition coefficient (Wildman–Crippen LogP) is 7.43. The average molecular weight is 553 g/mol. The molecule has 0 aliphatic heterocycles. The highest BCUT2D eigenvalue weighted by molar-refractivity contribution is 6.86. The van der Waals surface area contributed by atoms with Crippen molar-refractivity contribution in [1.82, 2.24) is 9.55 Å². The topological polar surface area (TPSA) is 17.8 Å². The Morgan fingerprint density at radius 2 is 1.27 bits per heavy atom. The summed E-state index contributed by atoms with van der Waals surface area (Å²) in [6, 6.07) is 43.6.